The van der Waals surface area contributed by atoms with Crippen molar-refractivity contribution in [3.8, 4) is 0 Å². The van der Waals surface area contributed by atoms with E-state index in [4.69, 9.17) is 4.74 Å². The number of para-hydroxylation sites is 1. The first kappa shape index (κ1) is 19.9. The zero-order valence-electron chi connectivity index (χ0n) is 17.3. The lowest BCUT2D eigenvalue weighted by atomic mass is 10.0. The summed E-state index contributed by atoms with van der Waals surface area (Å²) in [6, 6.07) is 17.0. The predicted octanol–water partition coefficient (Wildman–Crippen LogP) is 3.76. The predicted molar refractivity (Wildman–Crippen MR) is 116 cm³/mol. The van der Waals surface area contributed by atoms with E-state index in [2.05, 4.69) is 4.98 Å². The lowest BCUT2D eigenvalue weighted by Crippen LogP contribution is -2.54. The maximum Gasteiger partial charge on any atom is 0.253 e. The van der Waals surface area contributed by atoms with Gasteiger partial charge < -0.3 is 9.72 Å². The van der Waals surface area contributed by atoms with Crippen molar-refractivity contribution in [1.29, 1.82) is 0 Å². The van der Waals surface area contributed by atoms with E-state index in [0.29, 0.717) is 6.42 Å². The van der Waals surface area contributed by atoms with Crippen LogP contribution in [0.5, 0.6) is 0 Å². The van der Waals surface area contributed by atoms with Crippen molar-refractivity contribution in [2.24, 2.45) is 0 Å². The average molecular weight is 403 g/mol. The molecule has 6 heteroatoms. The standard InChI is InChI=1S/C24H25N3O3/c1-17(28)27-22(15-19-16-25-21-12-8-7-11-20(19)21)23(29)26(24(27,2)30-3)14-13-18-9-5-4-6-10-18/h4-14,16,22,25H,15H2,1-3H3/b14-13+/t22-,24?/m0/s1. The van der Waals surface area contributed by atoms with Gasteiger partial charge in [0.25, 0.3) is 5.91 Å². The van der Waals surface area contributed by atoms with Crippen LogP contribution in [-0.2, 0) is 20.7 Å². The van der Waals surface area contributed by atoms with Crippen LogP contribution in [0.25, 0.3) is 17.0 Å². The van der Waals surface area contributed by atoms with Crippen LogP contribution in [0.4, 0.5) is 0 Å². The van der Waals surface area contributed by atoms with Gasteiger partial charge in [-0.2, -0.15) is 0 Å². The van der Waals surface area contributed by atoms with Crippen LogP contribution >= 0.6 is 0 Å². The second kappa shape index (κ2) is 7.80. The number of aromatic amines is 1. The summed E-state index contributed by atoms with van der Waals surface area (Å²) < 4.78 is 5.73. The third kappa shape index (κ3) is 3.29. The minimum absolute atomic E-state index is 0.174. The molecule has 2 heterocycles. The average Bonchev–Trinajstić information content (AvgIpc) is 3.25. The van der Waals surface area contributed by atoms with Crippen LogP contribution in [0, 0.1) is 0 Å². The maximum absolute atomic E-state index is 13.5. The molecule has 1 unspecified atom stereocenters. The molecule has 1 N–H and O–H groups in total. The molecule has 0 aliphatic carbocycles. The Labute approximate surface area is 175 Å². The number of carbonyl (C=O) groups excluding carboxylic acids is 2. The Kier molecular flexibility index (Phi) is 5.18. The Bertz CT molecular complexity index is 1110. The molecule has 154 valence electrons. The van der Waals surface area contributed by atoms with Crippen LogP contribution in [0.3, 0.4) is 0 Å². The summed E-state index contributed by atoms with van der Waals surface area (Å²) in [5.74, 6) is -1.59. The van der Waals surface area contributed by atoms with Gasteiger partial charge in [-0.1, -0.05) is 48.5 Å². The van der Waals surface area contributed by atoms with Gasteiger partial charge in [-0.3, -0.25) is 19.4 Å². The Hall–Kier alpha value is -3.38. The van der Waals surface area contributed by atoms with Gasteiger partial charge in [0.1, 0.15) is 6.04 Å². The van der Waals surface area contributed by atoms with Crippen LogP contribution in [-0.4, -0.2) is 45.6 Å². The normalized spacial score (nSPS) is 21.8. The summed E-state index contributed by atoms with van der Waals surface area (Å²) in [5, 5.41) is 1.05. The first-order valence-electron chi connectivity index (χ1n) is 9.92. The second-order valence-corrected chi connectivity index (χ2v) is 7.54. The highest BCUT2D eigenvalue weighted by atomic mass is 16.5. The molecule has 1 saturated heterocycles. The number of nitrogens with one attached hydrogen (secondary N) is 1. The van der Waals surface area contributed by atoms with Crippen LogP contribution < -0.4 is 0 Å². The van der Waals surface area contributed by atoms with E-state index in [0.717, 1.165) is 22.0 Å². The molecule has 0 bridgehead atoms. The van der Waals surface area contributed by atoms with Crippen molar-refractivity contribution in [3.05, 3.63) is 78.1 Å². The number of methoxy groups -OCH3 is 1. The highest BCUT2D eigenvalue weighted by Crippen LogP contribution is 2.36. The quantitative estimate of drug-likeness (QED) is 0.705. The number of benzene rings is 2. The number of ether oxygens (including phenoxy) is 1. The summed E-state index contributed by atoms with van der Waals surface area (Å²) in [6.45, 7) is 3.22. The first-order valence-corrected chi connectivity index (χ1v) is 9.92. The molecule has 2 aromatic carbocycles. The van der Waals surface area contributed by atoms with Gasteiger partial charge in [0.15, 0.2) is 0 Å². The summed E-state index contributed by atoms with van der Waals surface area (Å²) in [6.07, 6.45) is 5.85. The summed E-state index contributed by atoms with van der Waals surface area (Å²) in [4.78, 5) is 32.4. The molecule has 4 rings (SSSR count). The number of hydrogen-bond donors (Lipinski definition) is 1. The monoisotopic (exact) mass is 403 g/mol. The molecule has 1 fully saturated rings. The minimum Gasteiger partial charge on any atom is -0.361 e. The SMILES string of the molecule is COC1(C)N(/C=C/c2ccccc2)C(=O)[C@H](Cc2c[nH]c3ccccc23)N1C(C)=O. The van der Waals surface area contributed by atoms with Crippen LogP contribution in [0.2, 0.25) is 0 Å². The van der Waals surface area contributed by atoms with Crippen molar-refractivity contribution in [2.75, 3.05) is 7.11 Å². The molecule has 1 aliphatic rings. The maximum atomic E-state index is 13.5. The molecular formula is C24H25N3O3. The van der Waals surface area contributed by atoms with E-state index in [1.807, 2.05) is 66.9 Å². The minimum atomic E-state index is -1.20. The van der Waals surface area contributed by atoms with Gasteiger partial charge in [-0.25, -0.2) is 0 Å². The lowest BCUT2D eigenvalue weighted by molar-refractivity contribution is -0.185. The zero-order valence-corrected chi connectivity index (χ0v) is 17.3. The summed E-state index contributed by atoms with van der Waals surface area (Å²) in [5.41, 5.74) is 2.95. The molecule has 3 aromatic rings. The van der Waals surface area contributed by atoms with E-state index >= 15 is 0 Å². The Morgan fingerprint density at radius 2 is 1.87 bits per heavy atom. The topological polar surface area (TPSA) is 65.6 Å². The van der Waals surface area contributed by atoms with Gasteiger partial charge in [0.05, 0.1) is 0 Å². The fourth-order valence-corrected chi connectivity index (χ4v) is 4.21. The van der Waals surface area contributed by atoms with Crippen LogP contribution in [0.1, 0.15) is 25.0 Å². The van der Waals surface area contributed by atoms with E-state index < -0.39 is 11.9 Å². The van der Waals surface area contributed by atoms with Crippen LogP contribution in [0.15, 0.2) is 67.0 Å². The molecule has 1 aliphatic heterocycles. The molecular weight excluding hydrogens is 378 g/mol. The molecule has 30 heavy (non-hydrogen) atoms. The smallest absolute Gasteiger partial charge is 0.253 e. The molecule has 1 aromatic heterocycles. The number of hydrogen-bond acceptors (Lipinski definition) is 3. The second-order valence-electron chi connectivity index (χ2n) is 7.54. The molecule has 2 amide bonds. The Morgan fingerprint density at radius 1 is 1.17 bits per heavy atom. The number of amides is 2. The lowest BCUT2D eigenvalue weighted by Gasteiger charge is -2.38. The number of nitrogens with zero attached hydrogens (tertiary/aromatic N) is 2. The molecule has 0 radical (unpaired) electrons. The van der Waals surface area contributed by atoms with E-state index in [9.17, 15) is 9.59 Å². The Balaban J connectivity index is 1.71. The summed E-state index contributed by atoms with van der Waals surface area (Å²) >= 11 is 0. The zero-order chi connectivity index (χ0) is 21.3. The number of fused-ring (bicyclic) bond motifs is 1. The van der Waals surface area contributed by atoms with E-state index in [1.54, 1.807) is 13.1 Å². The number of rotatable bonds is 5. The number of aromatic nitrogens is 1. The van der Waals surface area contributed by atoms with E-state index in [1.165, 1.54) is 23.8 Å². The van der Waals surface area contributed by atoms with Gasteiger partial charge in [-0.05, 0) is 23.3 Å². The molecule has 0 spiro atoms. The van der Waals surface area contributed by atoms with Crippen molar-refractivity contribution in [1.82, 2.24) is 14.8 Å². The Morgan fingerprint density at radius 3 is 2.57 bits per heavy atom. The number of H-pyrrole nitrogens is 1. The number of carbonyl (C=O) groups is 2. The molecule has 2 atom stereocenters. The highest BCUT2D eigenvalue weighted by Gasteiger charge is 2.55. The van der Waals surface area contributed by atoms with Gasteiger partial charge in [0.2, 0.25) is 11.8 Å². The van der Waals surface area contributed by atoms with Gasteiger partial charge in [0, 0.05) is 50.7 Å². The van der Waals surface area contributed by atoms with Gasteiger partial charge >= 0.3 is 0 Å². The highest BCUT2D eigenvalue weighted by molar-refractivity contribution is 5.93. The van der Waals surface area contributed by atoms with Crippen molar-refractivity contribution >= 4 is 28.8 Å². The first-order chi connectivity index (χ1) is 14.5. The third-order valence-corrected chi connectivity index (χ3v) is 5.76. The van der Waals surface area contributed by atoms with Gasteiger partial charge in [-0.15, -0.1) is 0 Å². The van der Waals surface area contributed by atoms with Crippen molar-refractivity contribution in [3.63, 3.8) is 0 Å². The van der Waals surface area contributed by atoms with Crippen molar-refractivity contribution < 1.29 is 14.3 Å². The molecule has 6 nitrogen and oxygen atoms in total. The van der Waals surface area contributed by atoms with Crippen molar-refractivity contribution in [2.45, 2.75) is 32.2 Å². The fraction of sp³-hybridized carbons (Fsp3) is 0.250. The summed E-state index contributed by atoms with van der Waals surface area (Å²) in [7, 11) is 1.51. The largest absolute Gasteiger partial charge is 0.361 e. The third-order valence-electron chi connectivity index (χ3n) is 5.76. The molecule has 0 saturated carbocycles. The van der Waals surface area contributed by atoms with E-state index in [-0.39, 0.29) is 11.8 Å². The fourth-order valence-electron chi connectivity index (χ4n) is 4.21.